The zero-order chi connectivity index (χ0) is 10.8. The largest absolute Gasteiger partial charge is 0.322 e. The van der Waals surface area contributed by atoms with Gasteiger partial charge in [-0.25, -0.2) is 13.6 Å². The van der Waals surface area contributed by atoms with Crippen molar-refractivity contribution in [3.05, 3.63) is 23.1 Å². The third-order valence-corrected chi connectivity index (χ3v) is 3.27. The molecule has 0 saturated heterocycles. The van der Waals surface area contributed by atoms with E-state index in [-0.39, 0.29) is 4.91 Å². The lowest BCUT2D eigenvalue weighted by atomic mass is 9.88. The van der Waals surface area contributed by atoms with Crippen molar-refractivity contribution in [1.29, 1.82) is 0 Å². The van der Waals surface area contributed by atoms with Gasteiger partial charge in [0.1, 0.15) is 0 Å². The highest BCUT2D eigenvalue weighted by atomic mass is 32.2. The first-order chi connectivity index (χ1) is 6.37. The topological polar surface area (TPSA) is 86.2 Å². The molecule has 1 atom stereocenters. The molecule has 1 unspecified atom stereocenters. The molecule has 0 aromatic carbocycles. The van der Waals surface area contributed by atoms with Crippen molar-refractivity contribution < 1.29 is 8.42 Å². The van der Waals surface area contributed by atoms with Crippen LogP contribution in [0.2, 0.25) is 0 Å². The molecule has 4 nitrogen and oxygen atoms in total. The van der Waals surface area contributed by atoms with E-state index in [4.69, 9.17) is 10.9 Å². The number of hydrogen-bond acceptors (Lipinski definition) is 3. The standard InChI is InChI=1S/C9H16N2O2S/c1-2-5-9(10)6-3-8(4-7-9)14(11,12)13/h3-4,6H,2,5,7,10H2,1H3,(H2,11,12,13). The molecule has 14 heavy (non-hydrogen) atoms. The molecular formula is C9H16N2O2S. The fourth-order valence-corrected chi connectivity index (χ4v) is 2.11. The minimum absolute atomic E-state index is 0.162. The van der Waals surface area contributed by atoms with Crippen LogP contribution in [0, 0.1) is 0 Å². The Morgan fingerprint density at radius 3 is 2.57 bits per heavy atom. The summed E-state index contributed by atoms with van der Waals surface area (Å²) < 4.78 is 21.9. The van der Waals surface area contributed by atoms with Gasteiger partial charge in [0.25, 0.3) is 0 Å². The average Bonchev–Trinajstić information content (AvgIpc) is 2.03. The predicted molar refractivity (Wildman–Crippen MR) is 56.8 cm³/mol. The first-order valence-corrected chi connectivity index (χ1v) is 6.13. The van der Waals surface area contributed by atoms with Crippen LogP contribution >= 0.6 is 0 Å². The zero-order valence-electron chi connectivity index (χ0n) is 8.23. The van der Waals surface area contributed by atoms with Gasteiger partial charge in [-0.2, -0.15) is 0 Å². The van der Waals surface area contributed by atoms with Gasteiger partial charge < -0.3 is 5.73 Å². The Morgan fingerprint density at radius 1 is 1.57 bits per heavy atom. The van der Waals surface area contributed by atoms with E-state index in [1.165, 1.54) is 6.08 Å². The number of allylic oxidation sites excluding steroid dienone is 1. The molecule has 0 aliphatic heterocycles. The van der Waals surface area contributed by atoms with Gasteiger partial charge in [0.15, 0.2) is 0 Å². The molecule has 0 bridgehead atoms. The summed E-state index contributed by atoms with van der Waals surface area (Å²) >= 11 is 0. The summed E-state index contributed by atoms with van der Waals surface area (Å²) in [6, 6.07) is 0. The maximum Gasteiger partial charge on any atom is 0.237 e. The van der Waals surface area contributed by atoms with Crippen LogP contribution in [0.5, 0.6) is 0 Å². The van der Waals surface area contributed by atoms with Gasteiger partial charge in [0, 0.05) is 5.54 Å². The molecule has 1 aliphatic carbocycles. The average molecular weight is 216 g/mol. The molecule has 0 amide bonds. The molecule has 80 valence electrons. The van der Waals surface area contributed by atoms with Crippen LogP contribution < -0.4 is 10.9 Å². The first kappa shape index (κ1) is 11.4. The summed E-state index contributed by atoms with van der Waals surface area (Å²) in [5, 5.41) is 4.98. The van der Waals surface area contributed by atoms with Crippen molar-refractivity contribution in [3.63, 3.8) is 0 Å². The second-order valence-electron chi connectivity index (χ2n) is 3.67. The second-order valence-corrected chi connectivity index (χ2v) is 5.23. The van der Waals surface area contributed by atoms with Gasteiger partial charge in [-0.05, 0) is 18.9 Å². The maximum atomic E-state index is 11.0. The Labute approximate surface area is 84.7 Å². The van der Waals surface area contributed by atoms with Gasteiger partial charge in [-0.15, -0.1) is 0 Å². The Kier molecular flexibility index (Phi) is 3.14. The van der Waals surface area contributed by atoms with Gasteiger partial charge in [-0.1, -0.05) is 25.5 Å². The number of rotatable bonds is 3. The summed E-state index contributed by atoms with van der Waals surface area (Å²) in [6.45, 7) is 2.04. The van der Waals surface area contributed by atoms with Crippen molar-refractivity contribution in [3.8, 4) is 0 Å². The highest BCUT2D eigenvalue weighted by Gasteiger charge is 2.24. The fraction of sp³-hybridized carbons (Fsp3) is 0.556. The van der Waals surface area contributed by atoms with Crippen LogP contribution in [0.3, 0.4) is 0 Å². The number of sulfonamides is 1. The molecule has 4 N–H and O–H groups in total. The number of hydrogen-bond donors (Lipinski definition) is 2. The summed E-state index contributed by atoms with van der Waals surface area (Å²) in [7, 11) is -3.57. The third kappa shape index (κ3) is 2.67. The normalized spacial score (nSPS) is 27.5. The number of primary sulfonamides is 1. The minimum atomic E-state index is -3.57. The van der Waals surface area contributed by atoms with Crippen molar-refractivity contribution >= 4 is 10.0 Å². The molecule has 0 heterocycles. The molecule has 0 spiro atoms. The number of nitrogens with two attached hydrogens (primary N) is 2. The van der Waals surface area contributed by atoms with E-state index in [1.807, 2.05) is 6.92 Å². The van der Waals surface area contributed by atoms with Gasteiger partial charge in [0.2, 0.25) is 10.0 Å². The van der Waals surface area contributed by atoms with Gasteiger partial charge in [0.05, 0.1) is 4.91 Å². The van der Waals surface area contributed by atoms with Crippen LogP contribution in [0.1, 0.15) is 26.2 Å². The van der Waals surface area contributed by atoms with E-state index in [9.17, 15) is 8.42 Å². The molecule has 0 saturated carbocycles. The smallest absolute Gasteiger partial charge is 0.237 e. The first-order valence-electron chi connectivity index (χ1n) is 4.58. The summed E-state index contributed by atoms with van der Waals surface area (Å²) in [5.74, 6) is 0. The molecule has 5 heteroatoms. The lowest BCUT2D eigenvalue weighted by Crippen LogP contribution is -2.38. The van der Waals surface area contributed by atoms with Crippen LogP contribution in [0.15, 0.2) is 23.1 Å². The van der Waals surface area contributed by atoms with Crippen LogP contribution in [0.25, 0.3) is 0 Å². The summed E-state index contributed by atoms with van der Waals surface area (Å²) in [6.07, 6.45) is 7.16. The minimum Gasteiger partial charge on any atom is -0.322 e. The fourth-order valence-electron chi connectivity index (χ4n) is 1.54. The van der Waals surface area contributed by atoms with Crippen molar-refractivity contribution in [2.24, 2.45) is 10.9 Å². The highest BCUT2D eigenvalue weighted by molar-refractivity contribution is 7.93. The summed E-state index contributed by atoms with van der Waals surface area (Å²) in [4.78, 5) is 0.162. The van der Waals surface area contributed by atoms with Gasteiger partial charge in [-0.3, -0.25) is 0 Å². The Hall–Kier alpha value is -0.650. The SMILES string of the molecule is CCCC1(N)C=CC(S(N)(=O)=O)=CC1. The lowest BCUT2D eigenvalue weighted by molar-refractivity contribution is 0.481. The molecule has 0 aromatic heterocycles. The Morgan fingerprint density at radius 2 is 2.21 bits per heavy atom. The van der Waals surface area contributed by atoms with E-state index in [2.05, 4.69) is 0 Å². The van der Waals surface area contributed by atoms with Crippen molar-refractivity contribution in [2.75, 3.05) is 0 Å². The Balaban J connectivity index is 2.81. The predicted octanol–water partition coefficient (Wildman–Crippen LogP) is 0.616. The Bertz CT molecular complexity index is 370. The van der Waals surface area contributed by atoms with Crippen molar-refractivity contribution in [1.82, 2.24) is 0 Å². The monoisotopic (exact) mass is 216 g/mol. The summed E-state index contributed by atoms with van der Waals surface area (Å²) in [5.41, 5.74) is 5.61. The third-order valence-electron chi connectivity index (χ3n) is 2.31. The maximum absolute atomic E-state index is 11.0. The lowest BCUT2D eigenvalue weighted by Gasteiger charge is -2.26. The van der Waals surface area contributed by atoms with E-state index < -0.39 is 15.6 Å². The van der Waals surface area contributed by atoms with E-state index in [0.717, 1.165) is 12.8 Å². The van der Waals surface area contributed by atoms with Crippen LogP contribution in [-0.4, -0.2) is 14.0 Å². The quantitative estimate of drug-likeness (QED) is 0.725. The molecule has 0 aromatic rings. The molecular weight excluding hydrogens is 200 g/mol. The van der Waals surface area contributed by atoms with Crippen LogP contribution in [-0.2, 0) is 10.0 Å². The van der Waals surface area contributed by atoms with Crippen molar-refractivity contribution in [2.45, 2.75) is 31.7 Å². The van der Waals surface area contributed by atoms with E-state index in [0.29, 0.717) is 6.42 Å². The van der Waals surface area contributed by atoms with E-state index >= 15 is 0 Å². The van der Waals surface area contributed by atoms with E-state index in [1.54, 1.807) is 12.2 Å². The zero-order valence-corrected chi connectivity index (χ0v) is 9.05. The molecule has 1 rings (SSSR count). The highest BCUT2D eigenvalue weighted by Crippen LogP contribution is 2.24. The molecule has 0 fully saturated rings. The molecule has 0 radical (unpaired) electrons. The molecule has 1 aliphatic rings. The van der Waals surface area contributed by atoms with Gasteiger partial charge >= 0.3 is 0 Å². The van der Waals surface area contributed by atoms with Crippen LogP contribution in [0.4, 0.5) is 0 Å². The second kappa shape index (κ2) is 3.84.